The van der Waals surface area contributed by atoms with Crippen LogP contribution in [0.4, 0.5) is 11.9 Å². The Hall–Kier alpha value is -1.59. The van der Waals surface area contributed by atoms with Crippen molar-refractivity contribution in [2.75, 3.05) is 30.8 Å². The summed E-state index contributed by atoms with van der Waals surface area (Å²) in [6.07, 6.45) is 1.03. The van der Waals surface area contributed by atoms with Crippen molar-refractivity contribution in [1.82, 2.24) is 15.0 Å². The molecule has 84 valence electrons. The van der Waals surface area contributed by atoms with Crippen molar-refractivity contribution in [3.8, 4) is 6.01 Å². The topological polar surface area (TPSA) is 77.2 Å². The fourth-order valence-corrected chi connectivity index (χ4v) is 1.26. The first kappa shape index (κ1) is 11.5. The van der Waals surface area contributed by atoms with Gasteiger partial charge in [0, 0.05) is 13.1 Å². The lowest BCUT2D eigenvalue weighted by Gasteiger charge is -2.19. The van der Waals surface area contributed by atoms with Gasteiger partial charge in [0.25, 0.3) is 0 Å². The third-order valence-electron chi connectivity index (χ3n) is 1.96. The zero-order valence-electron chi connectivity index (χ0n) is 9.40. The van der Waals surface area contributed by atoms with Gasteiger partial charge >= 0.3 is 6.01 Å². The maximum atomic E-state index is 5.55. The maximum Gasteiger partial charge on any atom is 0.322 e. The summed E-state index contributed by atoms with van der Waals surface area (Å²) in [5.74, 6) is 0.759. The number of nitrogen functional groups attached to an aromatic ring is 1. The van der Waals surface area contributed by atoms with Crippen LogP contribution < -0.4 is 15.4 Å². The summed E-state index contributed by atoms with van der Waals surface area (Å²) in [5.41, 5.74) is 5.55. The van der Waals surface area contributed by atoms with Crippen molar-refractivity contribution in [3.05, 3.63) is 0 Å². The average Bonchev–Trinajstić information content (AvgIpc) is 2.24. The van der Waals surface area contributed by atoms with E-state index in [-0.39, 0.29) is 12.0 Å². The molecular formula is C9H17N5O. The molecule has 1 aromatic heterocycles. The van der Waals surface area contributed by atoms with E-state index in [0.29, 0.717) is 5.95 Å². The first-order valence-electron chi connectivity index (χ1n) is 5.01. The summed E-state index contributed by atoms with van der Waals surface area (Å²) >= 11 is 0. The Balaban J connectivity index is 2.95. The third kappa shape index (κ3) is 2.93. The Kier molecular flexibility index (Phi) is 4.08. The Bertz CT molecular complexity index is 317. The van der Waals surface area contributed by atoms with E-state index in [2.05, 4.69) is 21.9 Å². The van der Waals surface area contributed by atoms with Gasteiger partial charge in [-0.1, -0.05) is 6.92 Å². The molecule has 2 N–H and O–H groups in total. The van der Waals surface area contributed by atoms with Crippen molar-refractivity contribution in [3.63, 3.8) is 0 Å². The standard InChI is InChI=1S/C9H17N5O/c1-4-6-14(5-2)8-11-7(10)12-9(13-8)15-3/h4-6H2,1-3H3,(H2,10,11,12,13). The van der Waals surface area contributed by atoms with Crippen LogP contribution in [0.5, 0.6) is 6.01 Å². The van der Waals surface area contributed by atoms with Crippen molar-refractivity contribution in [2.24, 2.45) is 0 Å². The minimum atomic E-state index is 0.186. The lowest BCUT2D eigenvalue weighted by Crippen LogP contribution is -2.26. The SMILES string of the molecule is CCCN(CC)c1nc(N)nc(OC)n1. The van der Waals surface area contributed by atoms with Gasteiger partial charge in [0.15, 0.2) is 0 Å². The number of anilines is 2. The molecule has 1 aromatic rings. The van der Waals surface area contributed by atoms with Gasteiger partial charge < -0.3 is 15.4 Å². The fraction of sp³-hybridized carbons (Fsp3) is 0.667. The molecule has 0 aliphatic rings. The van der Waals surface area contributed by atoms with Crippen molar-refractivity contribution in [1.29, 1.82) is 0 Å². The molecule has 15 heavy (non-hydrogen) atoms. The second-order valence-corrected chi connectivity index (χ2v) is 3.06. The molecule has 1 rings (SSSR count). The number of methoxy groups -OCH3 is 1. The molecule has 0 radical (unpaired) electrons. The van der Waals surface area contributed by atoms with E-state index >= 15 is 0 Å². The highest BCUT2D eigenvalue weighted by Crippen LogP contribution is 2.12. The normalized spacial score (nSPS) is 10.1. The molecule has 0 atom stereocenters. The Morgan fingerprint density at radius 3 is 2.53 bits per heavy atom. The summed E-state index contributed by atoms with van der Waals surface area (Å²) in [6, 6.07) is 0.257. The van der Waals surface area contributed by atoms with Crippen LogP contribution in [0.1, 0.15) is 20.3 Å². The maximum absolute atomic E-state index is 5.55. The average molecular weight is 211 g/mol. The minimum absolute atomic E-state index is 0.186. The van der Waals surface area contributed by atoms with Gasteiger partial charge in [0.2, 0.25) is 11.9 Å². The number of rotatable bonds is 5. The molecule has 6 heteroatoms. The van der Waals surface area contributed by atoms with Crippen LogP contribution in [0.15, 0.2) is 0 Å². The number of hydrogen-bond acceptors (Lipinski definition) is 6. The minimum Gasteiger partial charge on any atom is -0.467 e. The number of hydrogen-bond donors (Lipinski definition) is 1. The van der Waals surface area contributed by atoms with Gasteiger partial charge in [-0.2, -0.15) is 15.0 Å². The lowest BCUT2D eigenvalue weighted by atomic mass is 10.4. The van der Waals surface area contributed by atoms with Crippen molar-refractivity contribution in [2.45, 2.75) is 20.3 Å². The fourth-order valence-electron chi connectivity index (χ4n) is 1.26. The zero-order valence-corrected chi connectivity index (χ0v) is 9.40. The zero-order chi connectivity index (χ0) is 11.3. The van der Waals surface area contributed by atoms with E-state index in [1.54, 1.807) is 0 Å². The van der Waals surface area contributed by atoms with Crippen LogP contribution in [0, 0.1) is 0 Å². The summed E-state index contributed by atoms with van der Waals surface area (Å²) < 4.78 is 4.94. The molecule has 0 amide bonds. The first-order chi connectivity index (χ1) is 7.21. The molecular weight excluding hydrogens is 194 g/mol. The van der Waals surface area contributed by atoms with E-state index in [0.717, 1.165) is 19.5 Å². The highest BCUT2D eigenvalue weighted by atomic mass is 16.5. The van der Waals surface area contributed by atoms with Crippen LogP contribution in [0.2, 0.25) is 0 Å². The molecule has 0 saturated heterocycles. The Labute approximate surface area is 89.5 Å². The van der Waals surface area contributed by atoms with Crippen molar-refractivity contribution < 1.29 is 4.74 Å². The van der Waals surface area contributed by atoms with Gasteiger partial charge in [-0.05, 0) is 13.3 Å². The van der Waals surface area contributed by atoms with Crippen LogP contribution in [-0.4, -0.2) is 35.2 Å². The quantitative estimate of drug-likeness (QED) is 0.772. The molecule has 1 heterocycles. The van der Waals surface area contributed by atoms with Crippen LogP contribution in [-0.2, 0) is 0 Å². The molecule has 0 unspecified atom stereocenters. The van der Waals surface area contributed by atoms with E-state index in [4.69, 9.17) is 10.5 Å². The van der Waals surface area contributed by atoms with E-state index in [9.17, 15) is 0 Å². The van der Waals surface area contributed by atoms with Gasteiger partial charge in [-0.25, -0.2) is 0 Å². The summed E-state index contributed by atoms with van der Waals surface area (Å²) in [4.78, 5) is 14.1. The predicted molar refractivity (Wildman–Crippen MR) is 59.0 cm³/mol. The molecule has 0 saturated carbocycles. The highest BCUT2D eigenvalue weighted by molar-refractivity contribution is 5.35. The molecule has 6 nitrogen and oxygen atoms in total. The number of aromatic nitrogens is 3. The third-order valence-corrected chi connectivity index (χ3v) is 1.96. The molecule has 0 aromatic carbocycles. The van der Waals surface area contributed by atoms with Crippen molar-refractivity contribution >= 4 is 11.9 Å². The molecule has 0 fully saturated rings. The molecule has 0 aliphatic carbocycles. The second-order valence-electron chi connectivity index (χ2n) is 3.06. The van der Waals surface area contributed by atoms with Gasteiger partial charge in [-0.3, -0.25) is 0 Å². The van der Waals surface area contributed by atoms with Gasteiger partial charge in [0.1, 0.15) is 0 Å². The van der Waals surface area contributed by atoms with Crippen LogP contribution in [0.3, 0.4) is 0 Å². The Morgan fingerprint density at radius 1 is 1.27 bits per heavy atom. The summed E-state index contributed by atoms with van der Waals surface area (Å²) in [6.45, 7) is 5.87. The van der Waals surface area contributed by atoms with Crippen LogP contribution >= 0.6 is 0 Å². The lowest BCUT2D eigenvalue weighted by molar-refractivity contribution is 0.379. The summed E-state index contributed by atoms with van der Waals surface area (Å²) in [7, 11) is 1.51. The highest BCUT2D eigenvalue weighted by Gasteiger charge is 2.10. The number of ether oxygens (including phenoxy) is 1. The largest absolute Gasteiger partial charge is 0.467 e. The van der Waals surface area contributed by atoms with E-state index in [1.165, 1.54) is 7.11 Å². The number of nitrogens with zero attached hydrogens (tertiary/aromatic N) is 4. The number of nitrogens with two attached hydrogens (primary N) is 1. The first-order valence-corrected chi connectivity index (χ1v) is 5.01. The van der Waals surface area contributed by atoms with E-state index < -0.39 is 0 Å². The molecule has 0 bridgehead atoms. The molecule has 0 spiro atoms. The monoisotopic (exact) mass is 211 g/mol. The van der Waals surface area contributed by atoms with Gasteiger partial charge in [0.05, 0.1) is 7.11 Å². The van der Waals surface area contributed by atoms with Crippen LogP contribution in [0.25, 0.3) is 0 Å². The Morgan fingerprint density at radius 2 is 2.00 bits per heavy atom. The van der Waals surface area contributed by atoms with E-state index in [1.807, 2.05) is 11.8 Å². The van der Waals surface area contributed by atoms with Gasteiger partial charge in [-0.15, -0.1) is 0 Å². The smallest absolute Gasteiger partial charge is 0.322 e. The molecule has 0 aliphatic heterocycles. The predicted octanol–water partition coefficient (Wildman–Crippen LogP) is 0.699. The summed E-state index contributed by atoms with van der Waals surface area (Å²) in [5, 5.41) is 0. The second kappa shape index (κ2) is 5.33.